The fourth-order valence-corrected chi connectivity index (χ4v) is 1.21. The molecule has 0 saturated carbocycles. The predicted molar refractivity (Wildman–Crippen MR) is 41.6 cm³/mol. The monoisotopic (exact) mass is 189 g/mol. The van der Waals surface area contributed by atoms with E-state index in [0.29, 0.717) is 6.54 Å². The number of amides is 1. The molecule has 1 amide bonds. The Morgan fingerprint density at radius 3 is 2.69 bits per heavy atom. The average Bonchev–Trinajstić information content (AvgIpc) is 2.03. The van der Waals surface area contributed by atoms with Crippen molar-refractivity contribution in [3.8, 4) is 0 Å². The summed E-state index contributed by atoms with van der Waals surface area (Å²) in [6, 6.07) is 0. The summed E-state index contributed by atoms with van der Waals surface area (Å²) in [5.41, 5.74) is 0. The van der Waals surface area contributed by atoms with E-state index >= 15 is 0 Å². The number of carbonyl (C=O) groups is 2. The Bertz CT molecular complexity index is 217. The summed E-state index contributed by atoms with van der Waals surface area (Å²) >= 11 is 0. The van der Waals surface area contributed by atoms with Gasteiger partial charge in [-0.1, -0.05) is 0 Å². The molecule has 1 aliphatic rings. The second kappa shape index (κ2) is 4.08. The van der Waals surface area contributed by atoms with Crippen molar-refractivity contribution in [2.75, 3.05) is 19.7 Å². The molecule has 1 rings (SSSR count). The minimum Gasteiger partial charge on any atom is -0.481 e. The van der Waals surface area contributed by atoms with Gasteiger partial charge in [-0.25, -0.2) is 4.79 Å². The van der Waals surface area contributed by atoms with Crippen LogP contribution in [0.25, 0.3) is 0 Å². The molecule has 1 fully saturated rings. The van der Waals surface area contributed by atoms with Crippen LogP contribution in [0, 0.1) is 0 Å². The molecule has 0 aromatic rings. The molecule has 0 aromatic heterocycles. The van der Waals surface area contributed by atoms with Gasteiger partial charge in [0.1, 0.15) is 0 Å². The highest BCUT2D eigenvalue weighted by atomic mass is 16.5. The Balaban J connectivity index is 2.41. The maximum atomic E-state index is 10.5. The van der Waals surface area contributed by atoms with Crippen LogP contribution in [-0.2, 0) is 9.53 Å². The van der Waals surface area contributed by atoms with Gasteiger partial charge >= 0.3 is 12.1 Å². The highest BCUT2D eigenvalue weighted by molar-refractivity contribution is 5.68. The van der Waals surface area contributed by atoms with Crippen LogP contribution in [0.3, 0.4) is 0 Å². The van der Waals surface area contributed by atoms with Gasteiger partial charge in [-0.15, -0.1) is 0 Å². The van der Waals surface area contributed by atoms with E-state index in [2.05, 4.69) is 0 Å². The molecule has 6 nitrogen and oxygen atoms in total. The van der Waals surface area contributed by atoms with Gasteiger partial charge in [0.05, 0.1) is 25.7 Å². The molecule has 1 unspecified atom stereocenters. The Morgan fingerprint density at radius 2 is 2.15 bits per heavy atom. The lowest BCUT2D eigenvalue weighted by molar-refractivity contribution is -0.141. The van der Waals surface area contributed by atoms with Crippen LogP contribution in [0.4, 0.5) is 4.79 Å². The number of ether oxygens (including phenoxy) is 1. The SMILES string of the molecule is O=C(O)CC1CN(C(=O)O)CCO1. The molecule has 0 radical (unpaired) electrons. The summed E-state index contributed by atoms with van der Waals surface area (Å²) in [6.45, 7) is 0.720. The number of carboxylic acids is 1. The summed E-state index contributed by atoms with van der Waals surface area (Å²) in [5.74, 6) is -0.975. The van der Waals surface area contributed by atoms with Crippen molar-refractivity contribution < 1.29 is 24.5 Å². The van der Waals surface area contributed by atoms with Crippen LogP contribution in [0.15, 0.2) is 0 Å². The molecule has 13 heavy (non-hydrogen) atoms. The fraction of sp³-hybridized carbons (Fsp3) is 0.714. The summed E-state index contributed by atoms with van der Waals surface area (Å²) in [4.78, 5) is 22.0. The number of carboxylic acid groups (broad SMARTS) is 2. The van der Waals surface area contributed by atoms with E-state index in [-0.39, 0.29) is 19.6 Å². The standard InChI is InChI=1S/C7H11NO5/c9-6(10)3-5-4-8(7(11)12)1-2-13-5/h5H,1-4H2,(H,9,10)(H,11,12). The zero-order valence-electron chi connectivity index (χ0n) is 6.97. The number of aliphatic carboxylic acids is 1. The molecular weight excluding hydrogens is 178 g/mol. The largest absolute Gasteiger partial charge is 0.481 e. The van der Waals surface area contributed by atoms with Crippen LogP contribution >= 0.6 is 0 Å². The molecule has 1 aliphatic heterocycles. The maximum Gasteiger partial charge on any atom is 0.407 e. The second-order valence-electron chi connectivity index (χ2n) is 2.82. The molecule has 0 aromatic carbocycles. The predicted octanol–water partition coefficient (Wildman–Crippen LogP) is -0.160. The van der Waals surface area contributed by atoms with Gasteiger partial charge in [-0.3, -0.25) is 4.79 Å². The highest BCUT2D eigenvalue weighted by Crippen LogP contribution is 2.08. The lowest BCUT2D eigenvalue weighted by atomic mass is 10.2. The minimum atomic E-state index is -1.03. The molecule has 6 heteroatoms. The molecule has 1 heterocycles. The fourth-order valence-electron chi connectivity index (χ4n) is 1.21. The van der Waals surface area contributed by atoms with E-state index in [9.17, 15) is 9.59 Å². The first-order valence-corrected chi connectivity index (χ1v) is 3.91. The number of nitrogens with zero attached hydrogens (tertiary/aromatic N) is 1. The van der Waals surface area contributed by atoms with E-state index in [1.54, 1.807) is 0 Å². The van der Waals surface area contributed by atoms with Gasteiger partial charge in [0, 0.05) is 6.54 Å². The third kappa shape index (κ3) is 2.90. The lowest BCUT2D eigenvalue weighted by Gasteiger charge is -2.30. The zero-order chi connectivity index (χ0) is 9.84. The minimum absolute atomic E-state index is 0.141. The van der Waals surface area contributed by atoms with Crippen molar-refractivity contribution in [1.82, 2.24) is 4.90 Å². The first-order chi connectivity index (χ1) is 6.09. The summed E-state index contributed by atoms with van der Waals surface area (Å²) < 4.78 is 5.08. The van der Waals surface area contributed by atoms with Crippen molar-refractivity contribution in [3.63, 3.8) is 0 Å². The van der Waals surface area contributed by atoms with Crippen LogP contribution in [0.5, 0.6) is 0 Å². The quantitative estimate of drug-likeness (QED) is 0.630. The molecule has 2 N–H and O–H groups in total. The molecule has 1 saturated heterocycles. The first kappa shape index (κ1) is 9.79. The number of morpholine rings is 1. The summed E-state index contributed by atoms with van der Waals surface area (Å²) in [7, 11) is 0. The third-order valence-electron chi connectivity index (χ3n) is 1.81. The Kier molecular flexibility index (Phi) is 3.07. The van der Waals surface area contributed by atoms with Gasteiger partial charge in [0.2, 0.25) is 0 Å². The van der Waals surface area contributed by atoms with Crippen LogP contribution < -0.4 is 0 Å². The zero-order valence-corrected chi connectivity index (χ0v) is 6.97. The van der Waals surface area contributed by atoms with Crippen LogP contribution in [0.2, 0.25) is 0 Å². The number of rotatable bonds is 2. The normalized spacial score (nSPS) is 22.8. The molecule has 0 bridgehead atoms. The van der Waals surface area contributed by atoms with Crippen molar-refractivity contribution >= 4 is 12.1 Å². The Morgan fingerprint density at radius 1 is 1.46 bits per heavy atom. The molecule has 0 spiro atoms. The van der Waals surface area contributed by atoms with Crippen molar-refractivity contribution in [3.05, 3.63) is 0 Å². The van der Waals surface area contributed by atoms with Crippen molar-refractivity contribution in [1.29, 1.82) is 0 Å². The smallest absolute Gasteiger partial charge is 0.407 e. The molecule has 74 valence electrons. The van der Waals surface area contributed by atoms with Crippen LogP contribution in [-0.4, -0.2) is 53.0 Å². The second-order valence-corrected chi connectivity index (χ2v) is 2.82. The Hall–Kier alpha value is -1.30. The van der Waals surface area contributed by atoms with Crippen LogP contribution in [0.1, 0.15) is 6.42 Å². The van der Waals surface area contributed by atoms with Gasteiger partial charge in [0.25, 0.3) is 0 Å². The van der Waals surface area contributed by atoms with E-state index in [0.717, 1.165) is 4.90 Å². The molecule has 1 atom stereocenters. The van der Waals surface area contributed by atoms with E-state index in [1.807, 2.05) is 0 Å². The van der Waals surface area contributed by atoms with Gasteiger partial charge in [0.15, 0.2) is 0 Å². The van der Waals surface area contributed by atoms with E-state index in [1.165, 1.54) is 0 Å². The Labute approximate surface area is 74.7 Å². The summed E-state index contributed by atoms with van der Waals surface area (Å²) in [6.07, 6.45) is -1.69. The maximum absolute atomic E-state index is 10.5. The lowest BCUT2D eigenvalue weighted by Crippen LogP contribution is -2.45. The van der Waals surface area contributed by atoms with Gasteiger partial charge in [-0.2, -0.15) is 0 Å². The molecule has 0 aliphatic carbocycles. The first-order valence-electron chi connectivity index (χ1n) is 3.91. The topological polar surface area (TPSA) is 87.1 Å². The van der Waals surface area contributed by atoms with E-state index < -0.39 is 18.2 Å². The number of hydrogen-bond acceptors (Lipinski definition) is 3. The number of hydrogen-bond donors (Lipinski definition) is 2. The van der Waals surface area contributed by atoms with Crippen molar-refractivity contribution in [2.45, 2.75) is 12.5 Å². The molecular formula is C7H11NO5. The van der Waals surface area contributed by atoms with Crippen molar-refractivity contribution in [2.24, 2.45) is 0 Å². The van der Waals surface area contributed by atoms with Gasteiger partial charge < -0.3 is 19.8 Å². The average molecular weight is 189 g/mol. The van der Waals surface area contributed by atoms with Gasteiger partial charge in [-0.05, 0) is 0 Å². The van der Waals surface area contributed by atoms with E-state index in [4.69, 9.17) is 14.9 Å². The third-order valence-corrected chi connectivity index (χ3v) is 1.81. The highest BCUT2D eigenvalue weighted by Gasteiger charge is 2.25. The summed E-state index contributed by atoms with van der Waals surface area (Å²) in [5, 5.41) is 17.1.